The molecule has 1 aromatic rings. The second kappa shape index (κ2) is 5.10. The van der Waals surface area contributed by atoms with Crippen LogP contribution >= 0.6 is 11.3 Å². The summed E-state index contributed by atoms with van der Waals surface area (Å²) in [6.45, 7) is 4.29. The van der Waals surface area contributed by atoms with E-state index in [1.807, 2.05) is 0 Å². The van der Waals surface area contributed by atoms with Crippen molar-refractivity contribution in [3.8, 4) is 0 Å². The third-order valence-corrected chi connectivity index (χ3v) is 7.16. The molecule has 0 unspecified atom stereocenters. The number of sulfonamides is 1. The fourth-order valence-corrected chi connectivity index (χ4v) is 5.42. The average Bonchev–Trinajstić information content (AvgIpc) is 2.85. The van der Waals surface area contributed by atoms with Crippen molar-refractivity contribution >= 4 is 27.3 Å². The number of carbonyl (C=O) groups is 1. The van der Waals surface area contributed by atoms with Gasteiger partial charge in [-0.05, 0) is 26.0 Å². The van der Waals surface area contributed by atoms with Crippen LogP contribution in [0.15, 0.2) is 16.3 Å². The summed E-state index contributed by atoms with van der Waals surface area (Å²) in [7, 11) is -1.98. The predicted octanol–water partition coefficient (Wildman–Crippen LogP) is 0.448. The third kappa shape index (κ3) is 2.37. The standard InChI is InChI=1S/C12H19N3O3S2/c1-12(2)11(16)14(3)6-7-15(12)20(17,18)10-5-4-9(8-13)19-10/h4-5H,6-8,13H2,1-3H3. The molecule has 8 heteroatoms. The van der Waals surface area contributed by atoms with Gasteiger partial charge < -0.3 is 10.6 Å². The maximum atomic E-state index is 12.7. The minimum Gasteiger partial charge on any atom is -0.343 e. The first-order valence-electron chi connectivity index (χ1n) is 6.28. The molecule has 2 heterocycles. The van der Waals surface area contributed by atoms with Crippen LogP contribution in [0.5, 0.6) is 0 Å². The molecule has 0 atom stereocenters. The molecule has 2 N–H and O–H groups in total. The highest BCUT2D eigenvalue weighted by Crippen LogP contribution is 2.32. The van der Waals surface area contributed by atoms with Gasteiger partial charge in [-0.25, -0.2) is 8.42 Å². The highest BCUT2D eigenvalue weighted by molar-refractivity contribution is 7.91. The van der Waals surface area contributed by atoms with Crippen molar-refractivity contribution in [2.45, 2.75) is 30.1 Å². The van der Waals surface area contributed by atoms with E-state index in [0.29, 0.717) is 19.6 Å². The van der Waals surface area contributed by atoms with Crippen molar-refractivity contribution in [2.75, 3.05) is 20.1 Å². The number of thiophene rings is 1. The lowest BCUT2D eigenvalue weighted by atomic mass is 10.0. The smallest absolute Gasteiger partial charge is 0.253 e. The van der Waals surface area contributed by atoms with E-state index in [1.54, 1.807) is 37.9 Å². The quantitative estimate of drug-likeness (QED) is 0.877. The van der Waals surface area contributed by atoms with Gasteiger partial charge in [-0.3, -0.25) is 4.79 Å². The van der Waals surface area contributed by atoms with Crippen molar-refractivity contribution in [3.63, 3.8) is 0 Å². The molecule has 20 heavy (non-hydrogen) atoms. The molecule has 1 amide bonds. The van der Waals surface area contributed by atoms with E-state index < -0.39 is 15.6 Å². The largest absolute Gasteiger partial charge is 0.343 e. The molecule has 0 saturated carbocycles. The number of hydrogen-bond donors (Lipinski definition) is 1. The Kier molecular flexibility index (Phi) is 3.94. The summed E-state index contributed by atoms with van der Waals surface area (Å²) >= 11 is 1.16. The van der Waals surface area contributed by atoms with Crippen molar-refractivity contribution < 1.29 is 13.2 Å². The first kappa shape index (κ1) is 15.4. The fraction of sp³-hybridized carbons (Fsp3) is 0.583. The van der Waals surface area contributed by atoms with E-state index in [9.17, 15) is 13.2 Å². The SMILES string of the molecule is CN1CCN(S(=O)(=O)c2ccc(CN)s2)C(C)(C)C1=O. The molecule has 0 aliphatic carbocycles. The normalized spacial score (nSPS) is 20.4. The average molecular weight is 317 g/mol. The van der Waals surface area contributed by atoms with Crippen LogP contribution in [0.4, 0.5) is 0 Å². The van der Waals surface area contributed by atoms with E-state index >= 15 is 0 Å². The van der Waals surface area contributed by atoms with Crippen molar-refractivity contribution in [1.29, 1.82) is 0 Å². The van der Waals surface area contributed by atoms with E-state index in [2.05, 4.69) is 0 Å². The zero-order chi connectivity index (χ0) is 15.1. The first-order chi connectivity index (χ1) is 9.21. The molecule has 0 bridgehead atoms. The van der Waals surface area contributed by atoms with Gasteiger partial charge in [0.25, 0.3) is 10.0 Å². The predicted molar refractivity (Wildman–Crippen MR) is 77.8 cm³/mol. The number of piperazine rings is 1. The first-order valence-corrected chi connectivity index (χ1v) is 8.54. The summed E-state index contributed by atoms with van der Waals surface area (Å²) in [5.41, 5.74) is 4.45. The molecular formula is C12H19N3O3S2. The monoisotopic (exact) mass is 317 g/mol. The highest BCUT2D eigenvalue weighted by Gasteiger charge is 2.47. The van der Waals surface area contributed by atoms with Gasteiger partial charge >= 0.3 is 0 Å². The number of rotatable bonds is 3. The van der Waals surface area contributed by atoms with Gasteiger partial charge in [-0.2, -0.15) is 4.31 Å². The van der Waals surface area contributed by atoms with Crippen LogP contribution in [0.3, 0.4) is 0 Å². The number of likely N-dealkylation sites (N-methyl/N-ethyl adjacent to an activating group) is 1. The van der Waals surface area contributed by atoms with Crippen LogP contribution < -0.4 is 5.73 Å². The van der Waals surface area contributed by atoms with E-state index in [1.165, 1.54) is 4.31 Å². The maximum Gasteiger partial charge on any atom is 0.253 e. The molecule has 1 aliphatic heterocycles. The summed E-state index contributed by atoms with van der Waals surface area (Å²) in [5, 5.41) is 0. The summed E-state index contributed by atoms with van der Waals surface area (Å²) < 4.78 is 26.9. The minimum atomic E-state index is -3.67. The zero-order valence-corrected chi connectivity index (χ0v) is 13.4. The van der Waals surface area contributed by atoms with Gasteiger partial charge in [0.05, 0.1) is 0 Å². The number of nitrogens with zero attached hydrogens (tertiary/aromatic N) is 2. The van der Waals surface area contributed by atoms with Crippen LogP contribution in [0.2, 0.25) is 0 Å². The summed E-state index contributed by atoms with van der Waals surface area (Å²) in [6, 6.07) is 3.27. The Balaban J connectivity index is 2.41. The maximum absolute atomic E-state index is 12.7. The van der Waals surface area contributed by atoms with Crippen LogP contribution in [-0.4, -0.2) is 49.2 Å². The lowest BCUT2D eigenvalue weighted by Gasteiger charge is -2.43. The van der Waals surface area contributed by atoms with Crippen molar-refractivity contribution in [2.24, 2.45) is 5.73 Å². The van der Waals surface area contributed by atoms with Gasteiger partial charge in [0.1, 0.15) is 9.75 Å². The molecular weight excluding hydrogens is 298 g/mol. The second-order valence-corrected chi connectivity index (χ2v) is 8.55. The lowest BCUT2D eigenvalue weighted by molar-refractivity contribution is -0.142. The minimum absolute atomic E-state index is 0.192. The Labute approximate surface area is 123 Å². The number of hydrogen-bond acceptors (Lipinski definition) is 5. The van der Waals surface area contributed by atoms with Crippen LogP contribution in [0, 0.1) is 0 Å². The summed E-state index contributed by atoms with van der Waals surface area (Å²) in [6.07, 6.45) is 0. The summed E-state index contributed by atoms with van der Waals surface area (Å²) in [5.74, 6) is -0.192. The highest BCUT2D eigenvalue weighted by atomic mass is 32.2. The molecule has 0 spiro atoms. The molecule has 1 fully saturated rings. The Hall–Kier alpha value is -0.960. The molecule has 0 radical (unpaired) electrons. The molecule has 1 aromatic heterocycles. The molecule has 0 aromatic carbocycles. The Morgan fingerprint density at radius 3 is 2.55 bits per heavy atom. The summed E-state index contributed by atoms with van der Waals surface area (Å²) in [4.78, 5) is 14.6. The van der Waals surface area contributed by atoms with E-state index in [4.69, 9.17) is 5.73 Å². The van der Waals surface area contributed by atoms with Crippen molar-refractivity contribution in [1.82, 2.24) is 9.21 Å². The van der Waals surface area contributed by atoms with Crippen LogP contribution in [0.1, 0.15) is 18.7 Å². The topological polar surface area (TPSA) is 83.7 Å². The Morgan fingerprint density at radius 2 is 2.00 bits per heavy atom. The Morgan fingerprint density at radius 1 is 1.35 bits per heavy atom. The molecule has 1 aliphatic rings. The van der Waals surface area contributed by atoms with E-state index in [-0.39, 0.29) is 10.1 Å². The van der Waals surface area contributed by atoms with Crippen LogP contribution in [0.25, 0.3) is 0 Å². The Bertz CT molecular complexity index is 622. The molecule has 1 saturated heterocycles. The van der Waals surface area contributed by atoms with E-state index in [0.717, 1.165) is 16.2 Å². The number of carbonyl (C=O) groups excluding carboxylic acids is 1. The molecule has 6 nitrogen and oxygen atoms in total. The molecule has 112 valence electrons. The van der Waals surface area contributed by atoms with Crippen LogP contribution in [-0.2, 0) is 21.4 Å². The lowest BCUT2D eigenvalue weighted by Crippen LogP contribution is -2.63. The van der Waals surface area contributed by atoms with Crippen molar-refractivity contribution in [3.05, 3.63) is 17.0 Å². The van der Waals surface area contributed by atoms with Gasteiger partial charge in [-0.15, -0.1) is 11.3 Å². The zero-order valence-electron chi connectivity index (χ0n) is 11.8. The van der Waals surface area contributed by atoms with Gasteiger partial charge in [-0.1, -0.05) is 0 Å². The van der Waals surface area contributed by atoms with Gasteiger partial charge in [0, 0.05) is 31.6 Å². The number of amides is 1. The number of nitrogens with two attached hydrogens (primary N) is 1. The molecule has 2 rings (SSSR count). The fourth-order valence-electron chi connectivity index (χ4n) is 2.33. The second-order valence-electron chi connectivity index (χ2n) is 5.29. The third-order valence-electron chi connectivity index (χ3n) is 3.51. The van der Waals surface area contributed by atoms with Gasteiger partial charge in [0.2, 0.25) is 5.91 Å². The van der Waals surface area contributed by atoms with Gasteiger partial charge in [0.15, 0.2) is 0 Å².